The number of amides is 2. The summed E-state index contributed by atoms with van der Waals surface area (Å²) >= 11 is 0. The van der Waals surface area contributed by atoms with E-state index in [1.54, 1.807) is 0 Å². The average molecular weight is 404 g/mol. The van der Waals surface area contributed by atoms with Gasteiger partial charge in [-0.1, -0.05) is 31.2 Å². The third-order valence-corrected chi connectivity index (χ3v) is 4.98. The smallest absolute Gasteiger partial charge is 0.407 e. The van der Waals surface area contributed by atoms with Crippen molar-refractivity contribution >= 4 is 12.0 Å². The number of benzene rings is 1. The summed E-state index contributed by atoms with van der Waals surface area (Å²) in [5.74, 6) is 0.752. The molecule has 1 heterocycles. The Labute approximate surface area is 175 Å². The van der Waals surface area contributed by atoms with Gasteiger partial charge in [-0.05, 0) is 63.6 Å². The van der Waals surface area contributed by atoms with Gasteiger partial charge in [0.2, 0.25) is 5.91 Å². The molecule has 6 nitrogen and oxygen atoms in total. The SMILES string of the molecule is CC1CCCN(Cc2ccccc2CNC(=O)CCCNC(=O)OC(C)(C)C)C1. The van der Waals surface area contributed by atoms with Crippen LogP contribution in [0.4, 0.5) is 4.79 Å². The minimum Gasteiger partial charge on any atom is -0.444 e. The van der Waals surface area contributed by atoms with E-state index in [0.717, 1.165) is 25.6 Å². The lowest BCUT2D eigenvalue weighted by Gasteiger charge is -2.31. The molecule has 1 atom stereocenters. The Morgan fingerprint density at radius 1 is 1.17 bits per heavy atom. The Morgan fingerprint density at radius 3 is 2.59 bits per heavy atom. The summed E-state index contributed by atoms with van der Waals surface area (Å²) in [4.78, 5) is 26.3. The summed E-state index contributed by atoms with van der Waals surface area (Å²) in [6, 6.07) is 8.34. The summed E-state index contributed by atoms with van der Waals surface area (Å²) in [5, 5.41) is 5.69. The zero-order valence-corrected chi connectivity index (χ0v) is 18.4. The van der Waals surface area contributed by atoms with E-state index >= 15 is 0 Å². The second-order valence-electron chi connectivity index (χ2n) is 9.06. The van der Waals surface area contributed by atoms with Crippen LogP contribution < -0.4 is 10.6 Å². The second kappa shape index (κ2) is 11.2. The molecule has 2 amide bonds. The summed E-state index contributed by atoms with van der Waals surface area (Å²) in [6.07, 6.45) is 3.09. The van der Waals surface area contributed by atoms with Crippen molar-refractivity contribution in [2.75, 3.05) is 19.6 Å². The van der Waals surface area contributed by atoms with Crippen molar-refractivity contribution in [1.82, 2.24) is 15.5 Å². The lowest BCUT2D eigenvalue weighted by molar-refractivity contribution is -0.121. The molecule has 1 aromatic carbocycles. The minimum absolute atomic E-state index is 0.00242. The molecule has 1 saturated heterocycles. The number of piperidine rings is 1. The highest BCUT2D eigenvalue weighted by Crippen LogP contribution is 2.19. The van der Waals surface area contributed by atoms with Crippen LogP contribution in [0.1, 0.15) is 64.5 Å². The van der Waals surface area contributed by atoms with Gasteiger partial charge in [-0.25, -0.2) is 4.79 Å². The molecule has 1 aromatic rings. The minimum atomic E-state index is -0.513. The zero-order chi connectivity index (χ0) is 21.3. The highest BCUT2D eigenvalue weighted by Gasteiger charge is 2.18. The topological polar surface area (TPSA) is 70.7 Å². The molecule has 6 heteroatoms. The van der Waals surface area contributed by atoms with Gasteiger partial charge >= 0.3 is 6.09 Å². The average Bonchev–Trinajstić information content (AvgIpc) is 2.63. The maximum absolute atomic E-state index is 12.2. The molecule has 1 unspecified atom stereocenters. The summed E-state index contributed by atoms with van der Waals surface area (Å²) in [6.45, 7) is 12.0. The first-order valence-electron chi connectivity index (χ1n) is 10.8. The molecule has 0 saturated carbocycles. The largest absolute Gasteiger partial charge is 0.444 e. The third kappa shape index (κ3) is 9.31. The van der Waals surface area contributed by atoms with Gasteiger partial charge in [0, 0.05) is 32.6 Å². The number of nitrogens with one attached hydrogen (secondary N) is 2. The maximum Gasteiger partial charge on any atom is 0.407 e. The van der Waals surface area contributed by atoms with Gasteiger partial charge < -0.3 is 15.4 Å². The van der Waals surface area contributed by atoms with Crippen molar-refractivity contribution in [3.8, 4) is 0 Å². The number of alkyl carbamates (subject to hydrolysis) is 1. The van der Waals surface area contributed by atoms with E-state index in [4.69, 9.17) is 4.74 Å². The molecule has 0 spiro atoms. The van der Waals surface area contributed by atoms with E-state index < -0.39 is 11.7 Å². The quantitative estimate of drug-likeness (QED) is 0.647. The Balaban J connectivity index is 1.71. The molecule has 0 bridgehead atoms. The second-order valence-corrected chi connectivity index (χ2v) is 9.06. The van der Waals surface area contributed by atoms with E-state index in [1.165, 1.54) is 24.0 Å². The van der Waals surface area contributed by atoms with Crippen LogP contribution in [0.3, 0.4) is 0 Å². The van der Waals surface area contributed by atoms with Crippen LogP contribution in [0.15, 0.2) is 24.3 Å². The lowest BCUT2D eigenvalue weighted by Crippen LogP contribution is -2.34. The van der Waals surface area contributed by atoms with Crippen LogP contribution in [-0.4, -0.2) is 42.1 Å². The van der Waals surface area contributed by atoms with E-state index in [2.05, 4.69) is 40.7 Å². The number of carbonyl (C=O) groups excluding carboxylic acids is 2. The van der Waals surface area contributed by atoms with E-state index in [-0.39, 0.29) is 5.91 Å². The third-order valence-electron chi connectivity index (χ3n) is 4.98. The van der Waals surface area contributed by atoms with E-state index in [1.807, 2.05) is 26.8 Å². The van der Waals surface area contributed by atoms with Crippen molar-refractivity contribution in [3.63, 3.8) is 0 Å². The van der Waals surface area contributed by atoms with Gasteiger partial charge in [-0.15, -0.1) is 0 Å². The predicted octanol–water partition coefficient (Wildman–Crippen LogP) is 3.84. The van der Waals surface area contributed by atoms with Crippen LogP contribution in [0.5, 0.6) is 0 Å². The van der Waals surface area contributed by atoms with E-state index in [0.29, 0.717) is 25.9 Å². The van der Waals surface area contributed by atoms with Gasteiger partial charge in [0.25, 0.3) is 0 Å². The molecule has 1 fully saturated rings. The van der Waals surface area contributed by atoms with E-state index in [9.17, 15) is 9.59 Å². The predicted molar refractivity (Wildman–Crippen MR) is 115 cm³/mol. The first-order chi connectivity index (χ1) is 13.7. The monoisotopic (exact) mass is 403 g/mol. The van der Waals surface area contributed by atoms with Crippen LogP contribution in [0.2, 0.25) is 0 Å². The number of rotatable bonds is 8. The lowest BCUT2D eigenvalue weighted by atomic mass is 9.99. The summed E-state index contributed by atoms with van der Waals surface area (Å²) in [5.41, 5.74) is 1.95. The molecule has 0 radical (unpaired) electrons. The van der Waals surface area contributed by atoms with Gasteiger partial charge in [-0.3, -0.25) is 9.69 Å². The van der Waals surface area contributed by atoms with Gasteiger partial charge in [0.1, 0.15) is 5.60 Å². The van der Waals surface area contributed by atoms with Crippen LogP contribution in [0.25, 0.3) is 0 Å². The number of hydrogen-bond acceptors (Lipinski definition) is 4. The number of nitrogens with zero attached hydrogens (tertiary/aromatic N) is 1. The summed E-state index contributed by atoms with van der Waals surface area (Å²) < 4.78 is 5.18. The fourth-order valence-electron chi connectivity index (χ4n) is 3.59. The van der Waals surface area contributed by atoms with Crippen molar-refractivity contribution < 1.29 is 14.3 Å². The van der Waals surface area contributed by atoms with Crippen molar-refractivity contribution in [2.24, 2.45) is 5.92 Å². The Kier molecular flexibility index (Phi) is 8.96. The first-order valence-corrected chi connectivity index (χ1v) is 10.8. The molecular formula is C23H37N3O3. The highest BCUT2D eigenvalue weighted by atomic mass is 16.6. The van der Waals surface area contributed by atoms with Crippen molar-refractivity contribution in [3.05, 3.63) is 35.4 Å². The molecule has 2 rings (SSSR count). The van der Waals surface area contributed by atoms with Gasteiger partial charge in [-0.2, -0.15) is 0 Å². The van der Waals surface area contributed by atoms with Crippen molar-refractivity contribution in [2.45, 2.75) is 72.1 Å². The number of hydrogen-bond donors (Lipinski definition) is 2. The highest BCUT2D eigenvalue weighted by molar-refractivity contribution is 5.76. The summed E-state index contributed by atoms with van der Waals surface area (Å²) in [7, 11) is 0. The Morgan fingerprint density at radius 2 is 1.90 bits per heavy atom. The molecular weight excluding hydrogens is 366 g/mol. The first kappa shape index (κ1) is 23.2. The molecule has 1 aliphatic heterocycles. The molecule has 162 valence electrons. The normalized spacial score (nSPS) is 17.6. The number of likely N-dealkylation sites (tertiary alicyclic amines) is 1. The maximum atomic E-state index is 12.2. The standard InChI is InChI=1S/C23H37N3O3/c1-18-9-8-14-26(16-18)17-20-11-6-5-10-19(20)15-25-21(27)12-7-13-24-22(28)29-23(2,3)4/h5-6,10-11,18H,7-9,12-17H2,1-4H3,(H,24,28)(H,25,27). The molecule has 1 aliphatic rings. The fourth-order valence-corrected chi connectivity index (χ4v) is 3.59. The molecule has 29 heavy (non-hydrogen) atoms. The molecule has 0 aromatic heterocycles. The Bertz CT molecular complexity index is 670. The Hall–Kier alpha value is -2.08. The van der Waals surface area contributed by atoms with Crippen molar-refractivity contribution in [1.29, 1.82) is 0 Å². The van der Waals surface area contributed by atoms with Gasteiger partial charge in [0.05, 0.1) is 0 Å². The number of ether oxygens (including phenoxy) is 1. The number of carbonyl (C=O) groups is 2. The molecule has 0 aliphatic carbocycles. The van der Waals surface area contributed by atoms with Crippen LogP contribution >= 0.6 is 0 Å². The van der Waals surface area contributed by atoms with Crippen LogP contribution in [-0.2, 0) is 22.6 Å². The zero-order valence-electron chi connectivity index (χ0n) is 18.4. The van der Waals surface area contributed by atoms with Gasteiger partial charge in [0.15, 0.2) is 0 Å². The fraction of sp³-hybridized carbons (Fsp3) is 0.652. The molecule has 2 N–H and O–H groups in total. The van der Waals surface area contributed by atoms with Crippen LogP contribution in [0, 0.1) is 5.92 Å².